The number of rotatable bonds is 7. The summed E-state index contributed by atoms with van der Waals surface area (Å²) < 4.78 is 5.96. The predicted molar refractivity (Wildman–Crippen MR) is 99.8 cm³/mol. The third-order valence-electron chi connectivity index (χ3n) is 4.97. The van der Waals surface area contributed by atoms with Crippen molar-refractivity contribution < 1.29 is 9.21 Å². The number of thiazole rings is 1. The summed E-state index contributed by atoms with van der Waals surface area (Å²) >= 11 is 1.62. The highest BCUT2D eigenvalue weighted by Gasteiger charge is 2.34. The van der Waals surface area contributed by atoms with Gasteiger partial charge in [0.05, 0.1) is 6.04 Å². The van der Waals surface area contributed by atoms with Gasteiger partial charge in [-0.25, -0.2) is 4.98 Å². The van der Waals surface area contributed by atoms with Gasteiger partial charge in [-0.05, 0) is 32.0 Å². The zero-order valence-corrected chi connectivity index (χ0v) is 16.1. The third kappa shape index (κ3) is 3.80. The van der Waals surface area contributed by atoms with Crippen LogP contribution in [0.15, 0.2) is 22.1 Å². The lowest BCUT2D eigenvalue weighted by atomic mass is 10.2. The molecule has 2 aromatic heterocycles. The molecule has 1 atom stereocenters. The molecule has 1 unspecified atom stereocenters. The fourth-order valence-electron chi connectivity index (χ4n) is 3.50. The second kappa shape index (κ2) is 8.15. The number of furan rings is 1. The topological polar surface area (TPSA) is 49.6 Å². The molecule has 3 heterocycles. The van der Waals surface area contributed by atoms with Gasteiger partial charge in [0.25, 0.3) is 5.91 Å². The first kappa shape index (κ1) is 18.1. The van der Waals surface area contributed by atoms with Crippen LogP contribution in [-0.4, -0.2) is 40.3 Å². The molecule has 0 bridgehead atoms. The van der Waals surface area contributed by atoms with Crippen LogP contribution in [0.4, 0.5) is 0 Å². The van der Waals surface area contributed by atoms with E-state index in [9.17, 15) is 4.79 Å². The Kier molecular flexibility index (Phi) is 5.91. The number of hydrogen-bond donors (Lipinski definition) is 0. The van der Waals surface area contributed by atoms with Crippen molar-refractivity contribution in [1.82, 2.24) is 14.8 Å². The SMILES string of the molecule is CCc1oc(C(=O)N2CCCC2c2nccs2)cc1CN(CC)CC. The number of amides is 1. The number of nitrogens with zero attached hydrogens (tertiary/aromatic N) is 3. The second-order valence-corrected chi connectivity index (χ2v) is 7.33. The minimum Gasteiger partial charge on any atom is -0.456 e. The first-order valence-corrected chi connectivity index (χ1v) is 10.1. The van der Waals surface area contributed by atoms with Crippen molar-refractivity contribution in [3.63, 3.8) is 0 Å². The summed E-state index contributed by atoms with van der Waals surface area (Å²) in [6.07, 6.45) is 4.61. The number of carbonyl (C=O) groups is 1. The molecular weight excluding hydrogens is 334 g/mol. The van der Waals surface area contributed by atoms with Crippen LogP contribution in [0.5, 0.6) is 0 Å². The summed E-state index contributed by atoms with van der Waals surface area (Å²) in [7, 11) is 0. The molecule has 5 nitrogen and oxygen atoms in total. The maximum absolute atomic E-state index is 13.1. The van der Waals surface area contributed by atoms with E-state index < -0.39 is 0 Å². The predicted octanol–water partition coefficient (Wildman–Crippen LogP) is 4.12. The van der Waals surface area contributed by atoms with Gasteiger partial charge in [-0.2, -0.15) is 0 Å². The largest absolute Gasteiger partial charge is 0.456 e. The van der Waals surface area contributed by atoms with Crippen LogP contribution in [0.1, 0.15) is 66.5 Å². The highest BCUT2D eigenvalue weighted by atomic mass is 32.1. The molecule has 1 fully saturated rings. The number of likely N-dealkylation sites (tertiary alicyclic amines) is 1. The molecule has 0 radical (unpaired) electrons. The van der Waals surface area contributed by atoms with Crippen LogP contribution in [0, 0.1) is 0 Å². The molecule has 1 aliphatic rings. The van der Waals surface area contributed by atoms with Crippen molar-refractivity contribution in [3.8, 4) is 0 Å². The van der Waals surface area contributed by atoms with E-state index in [2.05, 4.69) is 30.7 Å². The van der Waals surface area contributed by atoms with Crippen molar-refractivity contribution in [2.75, 3.05) is 19.6 Å². The molecule has 25 heavy (non-hydrogen) atoms. The van der Waals surface area contributed by atoms with E-state index in [1.54, 1.807) is 11.3 Å². The molecule has 1 amide bonds. The van der Waals surface area contributed by atoms with Gasteiger partial charge in [-0.15, -0.1) is 11.3 Å². The van der Waals surface area contributed by atoms with Crippen LogP contribution >= 0.6 is 11.3 Å². The average molecular weight is 362 g/mol. The van der Waals surface area contributed by atoms with E-state index in [0.29, 0.717) is 5.76 Å². The van der Waals surface area contributed by atoms with Gasteiger partial charge >= 0.3 is 0 Å². The molecule has 136 valence electrons. The van der Waals surface area contributed by atoms with Crippen LogP contribution in [0.25, 0.3) is 0 Å². The average Bonchev–Trinajstić information content (AvgIpc) is 3.38. The smallest absolute Gasteiger partial charge is 0.290 e. The van der Waals surface area contributed by atoms with E-state index in [4.69, 9.17) is 4.42 Å². The monoisotopic (exact) mass is 361 g/mol. The number of aromatic nitrogens is 1. The molecule has 1 aliphatic heterocycles. The molecule has 0 saturated carbocycles. The van der Waals surface area contributed by atoms with Gasteiger partial charge in [-0.1, -0.05) is 20.8 Å². The van der Waals surface area contributed by atoms with Crippen LogP contribution in [0.3, 0.4) is 0 Å². The van der Waals surface area contributed by atoms with Gasteiger partial charge < -0.3 is 9.32 Å². The molecule has 6 heteroatoms. The minimum absolute atomic E-state index is 0.00167. The van der Waals surface area contributed by atoms with E-state index >= 15 is 0 Å². The number of hydrogen-bond acceptors (Lipinski definition) is 5. The lowest BCUT2D eigenvalue weighted by Gasteiger charge is -2.21. The molecule has 2 aromatic rings. The van der Waals surface area contributed by atoms with E-state index in [0.717, 1.165) is 61.8 Å². The molecule has 0 N–H and O–H groups in total. The Morgan fingerprint density at radius 2 is 2.20 bits per heavy atom. The summed E-state index contributed by atoms with van der Waals surface area (Å²) in [6, 6.07) is 2.05. The number of carbonyl (C=O) groups excluding carboxylic acids is 1. The first-order valence-electron chi connectivity index (χ1n) is 9.22. The van der Waals surface area contributed by atoms with Crippen molar-refractivity contribution in [3.05, 3.63) is 39.7 Å². The van der Waals surface area contributed by atoms with Crippen LogP contribution in [-0.2, 0) is 13.0 Å². The van der Waals surface area contributed by atoms with E-state index in [1.165, 1.54) is 0 Å². The van der Waals surface area contributed by atoms with Gasteiger partial charge in [0.2, 0.25) is 0 Å². The Morgan fingerprint density at radius 1 is 1.40 bits per heavy atom. The number of aryl methyl sites for hydroxylation is 1. The standard InChI is InChI=1S/C19H27N3O2S/c1-4-16-14(13-21(5-2)6-3)12-17(24-16)19(23)22-10-7-8-15(22)18-20-9-11-25-18/h9,11-12,15H,4-8,10,13H2,1-3H3. The van der Waals surface area contributed by atoms with Crippen LogP contribution < -0.4 is 0 Å². The maximum atomic E-state index is 13.1. The summed E-state index contributed by atoms with van der Waals surface area (Å²) in [5.41, 5.74) is 1.14. The highest BCUT2D eigenvalue weighted by Crippen LogP contribution is 2.34. The Labute approximate surface area is 153 Å². The lowest BCUT2D eigenvalue weighted by molar-refractivity contribution is 0.0701. The molecular formula is C19H27N3O2S. The molecule has 0 aliphatic carbocycles. The fourth-order valence-corrected chi connectivity index (χ4v) is 4.29. The van der Waals surface area contributed by atoms with E-state index in [1.807, 2.05) is 22.5 Å². The maximum Gasteiger partial charge on any atom is 0.290 e. The Bertz CT molecular complexity index is 692. The molecule has 1 saturated heterocycles. The summed E-state index contributed by atoms with van der Waals surface area (Å²) in [5.74, 6) is 1.40. The van der Waals surface area contributed by atoms with Crippen LogP contribution in [0.2, 0.25) is 0 Å². The van der Waals surface area contributed by atoms with Crippen molar-refractivity contribution in [1.29, 1.82) is 0 Å². The minimum atomic E-state index is -0.00167. The fraction of sp³-hybridized carbons (Fsp3) is 0.579. The highest BCUT2D eigenvalue weighted by molar-refractivity contribution is 7.09. The van der Waals surface area contributed by atoms with Crippen molar-refractivity contribution in [2.45, 2.75) is 52.6 Å². The molecule has 0 aromatic carbocycles. The lowest BCUT2D eigenvalue weighted by Crippen LogP contribution is -2.30. The van der Waals surface area contributed by atoms with Gasteiger partial charge in [0.1, 0.15) is 10.8 Å². The first-order chi connectivity index (χ1) is 12.2. The van der Waals surface area contributed by atoms with Crippen molar-refractivity contribution >= 4 is 17.2 Å². The summed E-state index contributed by atoms with van der Waals surface area (Å²) in [4.78, 5) is 21.7. The van der Waals surface area contributed by atoms with Gasteiger partial charge in [-0.3, -0.25) is 9.69 Å². The van der Waals surface area contributed by atoms with Crippen molar-refractivity contribution in [2.24, 2.45) is 0 Å². The Morgan fingerprint density at radius 3 is 2.84 bits per heavy atom. The summed E-state index contributed by atoms with van der Waals surface area (Å²) in [6.45, 7) is 9.99. The summed E-state index contributed by atoms with van der Waals surface area (Å²) in [5, 5.41) is 3.00. The molecule has 0 spiro atoms. The zero-order valence-electron chi connectivity index (χ0n) is 15.3. The molecule has 3 rings (SSSR count). The Balaban J connectivity index is 1.81. The quantitative estimate of drug-likeness (QED) is 0.744. The van der Waals surface area contributed by atoms with Gasteiger partial charge in [0, 0.05) is 36.7 Å². The van der Waals surface area contributed by atoms with E-state index in [-0.39, 0.29) is 11.9 Å². The third-order valence-corrected chi connectivity index (χ3v) is 5.84. The second-order valence-electron chi connectivity index (χ2n) is 6.40. The Hall–Kier alpha value is -1.66. The van der Waals surface area contributed by atoms with Gasteiger partial charge in [0.15, 0.2) is 5.76 Å². The normalized spacial score (nSPS) is 17.6. The zero-order chi connectivity index (χ0) is 17.8.